The molecule has 1 aliphatic rings. The van der Waals surface area contributed by atoms with Gasteiger partial charge in [-0.05, 0) is 18.9 Å². The minimum Gasteiger partial charge on any atom is -0.480 e. The van der Waals surface area contributed by atoms with Crippen LogP contribution in [-0.4, -0.2) is 45.2 Å². The lowest BCUT2D eigenvalue weighted by molar-refractivity contribution is -0.148. The van der Waals surface area contributed by atoms with Crippen LogP contribution in [0.4, 0.5) is 0 Å². The second kappa shape index (κ2) is 5.69. The zero-order chi connectivity index (χ0) is 13.8. The molecule has 1 atom stereocenters. The van der Waals surface area contributed by atoms with Crippen molar-refractivity contribution in [3.8, 4) is 0 Å². The molecule has 0 aliphatic carbocycles. The summed E-state index contributed by atoms with van der Waals surface area (Å²) in [6.45, 7) is 0.466. The highest BCUT2D eigenvalue weighted by molar-refractivity contribution is 5.98. The van der Waals surface area contributed by atoms with E-state index in [9.17, 15) is 14.4 Å². The third-order valence-electron chi connectivity index (χ3n) is 3.34. The molecule has 1 aromatic heterocycles. The maximum atomic E-state index is 11.9. The fraction of sp³-hybridized carbons (Fsp3) is 0.462. The molecular weight excluding hydrogens is 248 g/mol. The smallest absolute Gasteiger partial charge is 0.326 e. The Hall–Kier alpha value is -2.11. The highest BCUT2D eigenvalue weighted by Gasteiger charge is 2.33. The third-order valence-corrected chi connectivity index (χ3v) is 3.34. The van der Waals surface area contributed by atoms with Gasteiger partial charge in [0.05, 0.1) is 0 Å². The summed E-state index contributed by atoms with van der Waals surface area (Å²) in [5.41, 5.74) is 0.545. The number of ketones is 1. The Labute approximate surface area is 110 Å². The second-order valence-corrected chi connectivity index (χ2v) is 4.61. The lowest BCUT2D eigenvalue weighted by Crippen LogP contribution is -2.40. The van der Waals surface area contributed by atoms with Gasteiger partial charge in [0.15, 0.2) is 5.78 Å². The van der Waals surface area contributed by atoms with Gasteiger partial charge in [-0.3, -0.25) is 9.59 Å². The summed E-state index contributed by atoms with van der Waals surface area (Å²) in [7, 11) is 0. The summed E-state index contributed by atoms with van der Waals surface area (Å²) in [4.78, 5) is 38.8. The molecule has 1 fully saturated rings. The third kappa shape index (κ3) is 3.01. The van der Waals surface area contributed by atoms with E-state index in [4.69, 9.17) is 5.11 Å². The molecule has 0 spiro atoms. The van der Waals surface area contributed by atoms with Gasteiger partial charge >= 0.3 is 5.97 Å². The lowest BCUT2D eigenvalue weighted by Gasteiger charge is -2.21. The Morgan fingerprint density at radius 1 is 1.37 bits per heavy atom. The number of likely N-dealkylation sites (tertiary alicyclic amines) is 1. The summed E-state index contributed by atoms with van der Waals surface area (Å²) in [5, 5.41) is 9.00. The highest BCUT2D eigenvalue weighted by Crippen LogP contribution is 2.19. The van der Waals surface area contributed by atoms with Gasteiger partial charge in [0.1, 0.15) is 6.04 Å². The Bertz CT molecular complexity index is 481. The van der Waals surface area contributed by atoms with Crippen LogP contribution in [0.5, 0.6) is 0 Å². The fourth-order valence-electron chi connectivity index (χ4n) is 2.33. The Morgan fingerprint density at radius 2 is 2.16 bits per heavy atom. The van der Waals surface area contributed by atoms with Crippen molar-refractivity contribution in [3.63, 3.8) is 0 Å². The molecule has 0 bridgehead atoms. The van der Waals surface area contributed by atoms with Crippen molar-refractivity contribution in [1.82, 2.24) is 9.88 Å². The number of hydrogen-bond donors (Lipinski definition) is 2. The van der Waals surface area contributed by atoms with Gasteiger partial charge in [0.2, 0.25) is 5.91 Å². The molecule has 2 N–H and O–H groups in total. The molecule has 6 heteroatoms. The molecule has 6 nitrogen and oxygen atoms in total. The molecule has 1 amide bonds. The first kappa shape index (κ1) is 13.3. The SMILES string of the molecule is O=C(CCC(=O)N1CCCC1C(=O)O)c1cc[nH]c1. The van der Waals surface area contributed by atoms with Gasteiger partial charge in [0, 0.05) is 37.3 Å². The number of carbonyl (C=O) groups excluding carboxylic acids is 2. The first-order valence-electron chi connectivity index (χ1n) is 6.28. The summed E-state index contributed by atoms with van der Waals surface area (Å²) < 4.78 is 0. The number of hydrogen-bond acceptors (Lipinski definition) is 3. The number of aromatic amines is 1. The van der Waals surface area contributed by atoms with Crippen LogP contribution in [0.3, 0.4) is 0 Å². The highest BCUT2D eigenvalue weighted by atomic mass is 16.4. The second-order valence-electron chi connectivity index (χ2n) is 4.61. The van der Waals surface area contributed by atoms with E-state index in [2.05, 4.69) is 4.98 Å². The van der Waals surface area contributed by atoms with Crippen molar-refractivity contribution in [1.29, 1.82) is 0 Å². The number of rotatable bonds is 5. The number of H-pyrrole nitrogens is 1. The number of nitrogens with zero attached hydrogens (tertiary/aromatic N) is 1. The van der Waals surface area contributed by atoms with Crippen LogP contribution in [-0.2, 0) is 9.59 Å². The van der Waals surface area contributed by atoms with E-state index in [0.717, 1.165) is 0 Å². The minimum atomic E-state index is -0.970. The molecule has 0 radical (unpaired) electrons. The van der Waals surface area contributed by atoms with Gasteiger partial charge in [-0.25, -0.2) is 4.79 Å². The topological polar surface area (TPSA) is 90.5 Å². The summed E-state index contributed by atoms with van der Waals surface area (Å²) >= 11 is 0. The van der Waals surface area contributed by atoms with E-state index >= 15 is 0 Å². The van der Waals surface area contributed by atoms with E-state index in [-0.39, 0.29) is 24.5 Å². The van der Waals surface area contributed by atoms with Crippen LogP contribution < -0.4 is 0 Å². The first-order valence-corrected chi connectivity index (χ1v) is 6.28. The van der Waals surface area contributed by atoms with E-state index in [1.54, 1.807) is 18.5 Å². The molecule has 102 valence electrons. The normalized spacial score (nSPS) is 18.5. The first-order chi connectivity index (χ1) is 9.09. The number of nitrogens with one attached hydrogen (secondary N) is 1. The van der Waals surface area contributed by atoms with Gasteiger partial charge in [-0.2, -0.15) is 0 Å². The molecular formula is C13H16N2O4. The number of amides is 1. The van der Waals surface area contributed by atoms with Crippen molar-refractivity contribution in [2.24, 2.45) is 0 Å². The van der Waals surface area contributed by atoms with Crippen molar-refractivity contribution < 1.29 is 19.5 Å². The molecule has 1 saturated heterocycles. The number of aromatic nitrogens is 1. The summed E-state index contributed by atoms with van der Waals surface area (Å²) in [5.74, 6) is -1.34. The van der Waals surface area contributed by atoms with Crippen molar-refractivity contribution >= 4 is 17.7 Å². The Balaban J connectivity index is 1.88. The van der Waals surface area contributed by atoms with Gasteiger partial charge in [0.25, 0.3) is 0 Å². The van der Waals surface area contributed by atoms with E-state index in [1.165, 1.54) is 4.90 Å². The molecule has 19 heavy (non-hydrogen) atoms. The van der Waals surface area contributed by atoms with Gasteiger partial charge in [-0.1, -0.05) is 0 Å². The standard InChI is InChI=1S/C13H16N2O4/c16-11(9-5-6-14-8-9)3-4-12(17)15-7-1-2-10(15)13(18)19/h5-6,8,10,14H,1-4,7H2,(H,18,19). The van der Waals surface area contributed by atoms with Crippen LogP contribution in [0.25, 0.3) is 0 Å². The van der Waals surface area contributed by atoms with Crippen molar-refractivity contribution in [2.45, 2.75) is 31.7 Å². The fourth-order valence-corrected chi connectivity index (χ4v) is 2.33. The Morgan fingerprint density at radius 3 is 2.79 bits per heavy atom. The van der Waals surface area contributed by atoms with Crippen LogP contribution in [0, 0.1) is 0 Å². The maximum absolute atomic E-state index is 11.9. The van der Waals surface area contributed by atoms with E-state index in [1.807, 2.05) is 0 Å². The zero-order valence-electron chi connectivity index (χ0n) is 10.5. The molecule has 2 rings (SSSR count). The van der Waals surface area contributed by atoms with E-state index < -0.39 is 12.0 Å². The van der Waals surface area contributed by atoms with Crippen LogP contribution >= 0.6 is 0 Å². The molecule has 1 aliphatic heterocycles. The zero-order valence-corrected chi connectivity index (χ0v) is 10.5. The molecule has 0 aromatic carbocycles. The number of carbonyl (C=O) groups is 3. The van der Waals surface area contributed by atoms with Crippen molar-refractivity contribution in [3.05, 3.63) is 24.0 Å². The van der Waals surface area contributed by atoms with Gasteiger partial charge in [-0.15, -0.1) is 0 Å². The number of carboxylic acid groups (broad SMARTS) is 1. The monoisotopic (exact) mass is 264 g/mol. The summed E-state index contributed by atoms with van der Waals surface area (Å²) in [6, 6.07) is 0.928. The molecule has 0 saturated carbocycles. The quantitative estimate of drug-likeness (QED) is 0.778. The average molecular weight is 264 g/mol. The lowest BCUT2D eigenvalue weighted by atomic mass is 10.1. The summed E-state index contributed by atoms with van der Waals surface area (Å²) in [6.07, 6.45) is 4.60. The molecule has 2 heterocycles. The van der Waals surface area contributed by atoms with Crippen LogP contribution in [0.1, 0.15) is 36.0 Å². The van der Waals surface area contributed by atoms with Gasteiger partial charge < -0.3 is 15.0 Å². The number of carboxylic acids is 1. The minimum absolute atomic E-state index is 0.0633. The van der Waals surface area contributed by atoms with Crippen molar-refractivity contribution in [2.75, 3.05) is 6.54 Å². The number of aliphatic carboxylic acids is 1. The predicted molar refractivity (Wildman–Crippen MR) is 66.7 cm³/mol. The van der Waals surface area contributed by atoms with Crippen LogP contribution in [0.2, 0.25) is 0 Å². The largest absolute Gasteiger partial charge is 0.480 e. The molecule has 1 unspecified atom stereocenters. The maximum Gasteiger partial charge on any atom is 0.326 e. The number of Topliss-reactive ketones (excluding diaryl/α,β-unsaturated/α-hetero) is 1. The van der Waals surface area contributed by atoms with Crippen LogP contribution in [0.15, 0.2) is 18.5 Å². The average Bonchev–Trinajstić information content (AvgIpc) is 3.04. The Kier molecular flexibility index (Phi) is 3.99. The predicted octanol–water partition coefficient (Wildman–Crippen LogP) is 1.05. The van der Waals surface area contributed by atoms with E-state index in [0.29, 0.717) is 24.9 Å². The molecule has 1 aromatic rings.